The van der Waals surface area contributed by atoms with Gasteiger partial charge in [-0.15, -0.1) is 0 Å². The van der Waals surface area contributed by atoms with Crippen LogP contribution in [0.25, 0.3) is 0 Å². The Morgan fingerprint density at radius 1 is 0.486 bits per heavy atom. The van der Waals surface area contributed by atoms with Crippen LogP contribution in [0.5, 0.6) is 0 Å². The zero-order valence-electron chi connectivity index (χ0n) is 19.5. The van der Waals surface area contributed by atoms with Crippen molar-refractivity contribution in [3.8, 4) is 0 Å². The van der Waals surface area contributed by atoms with Gasteiger partial charge in [-0.25, -0.2) is 0 Å². The third kappa shape index (κ3) is 8.05. The molecule has 0 aromatic heterocycles. The molecule has 0 unspecified atom stereocenters. The van der Waals surface area contributed by atoms with Crippen LogP contribution in [0.2, 0.25) is 0 Å². The number of amides is 4. The highest BCUT2D eigenvalue weighted by Crippen LogP contribution is 2.21. The highest BCUT2D eigenvalue weighted by Gasteiger charge is 2.34. The predicted octanol–water partition coefficient (Wildman–Crippen LogP) is 0.291. The first-order valence-electron chi connectivity index (χ1n) is 11.5. The SMILES string of the molecule is O=C1C=CC(=O)N1CCOCCOCCOCCOCCOCCN1C(=O)c2ccccc2C1=O. The van der Waals surface area contributed by atoms with Crippen molar-refractivity contribution in [3.63, 3.8) is 0 Å². The molecule has 0 spiro atoms. The summed E-state index contributed by atoms with van der Waals surface area (Å²) < 4.78 is 27.0. The summed E-state index contributed by atoms with van der Waals surface area (Å²) in [6.07, 6.45) is 2.49. The highest BCUT2D eigenvalue weighted by atomic mass is 16.6. The van der Waals surface area contributed by atoms with Crippen LogP contribution in [0.1, 0.15) is 20.7 Å². The van der Waals surface area contributed by atoms with Crippen molar-refractivity contribution < 1.29 is 42.9 Å². The van der Waals surface area contributed by atoms with Gasteiger partial charge in [-0.1, -0.05) is 12.1 Å². The maximum absolute atomic E-state index is 12.2. The number of imide groups is 2. The van der Waals surface area contributed by atoms with Gasteiger partial charge in [0.1, 0.15) is 0 Å². The summed E-state index contributed by atoms with van der Waals surface area (Å²) in [6, 6.07) is 6.78. The molecule has 11 nitrogen and oxygen atoms in total. The van der Waals surface area contributed by atoms with Crippen molar-refractivity contribution >= 4 is 23.6 Å². The lowest BCUT2D eigenvalue weighted by atomic mass is 10.1. The number of carbonyl (C=O) groups is 4. The third-order valence-corrected chi connectivity index (χ3v) is 5.19. The molecule has 2 heterocycles. The molecule has 0 saturated carbocycles. The number of nitrogens with zero attached hydrogens (tertiary/aromatic N) is 2. The second kappa shape index (κ2) is 14.4. The molecule has 4 amide bonds. The van der Waals surface area contributed by atoms with E-state index in [1.807, 2.05) is 0 Å². The monoisotopic (exact) mass is 490 g/mol. The largest absolute Gasteiger partial charge is 0.377 e. The number of carbonyl (C=O) groups excluding carboxylic acids is 4. The number of benzene rings is 1. The summed E-state index contributed by atoms with van der Waals surface area (Å²) in [5.74, 6) is -1.21. The van der Waals surface area contributed by atoms with Gasteiger partial charge in [0.15, 0.2) is 0 Å². The van der Waals surface area contributed by atoms with Gasteiger partial charge in [0, 0.05) is 12.2 Å². The fourth-order valence-electron chi connectivity index (χ4n) is 3.39. The number of rotatable bonds is 18. The maximum Gasteiger partial charge on any atom is 0.261 e. The molecule has 2 aliphatic rings. The van der Waals surface area contributed by atoms with Gasteiger partial charge in [0.2, 0.25) is 0 Å². The Hall–Kier alpha value is -2.96. The normalized spacial score (nSPS) is 15.1. The summed E-state index contributed by atoms with van der Waals surface area (Å²) in [5, 5.41) is 0. The van der Waals surface area contributed by atoms with Crippen molar-refractivity contribution in [1.29, 1.82) is 0 Å². The Balaban J connectivity index is 1.05. The van der Waals surface area contributed by atoms with E-state index in [2.05, 4.69) is 0 Å². The molecule has 2 aliphatic heterocycles. The standard InChI is InChI=1S/C24H30N2O9/c27-21-5-6-22(28)25(21)7-9-31-11-13-33-15-17-35-18-16-34-14-12-32-10-8-26-23(29)19-3-1-2-4-20(19)24(26)30/h1-6H,7-18H2. The third-order valence-electron chi connectivity index (χ3n) is 5.19. The van der Waals surface area contributed by atoms with Crippen molar-refractivity contribution in [2.45, 2.75) is 0 Å². The molecule has 1 aromatic rings. The topological polar surface area (TPSA) is 121 Å². The molecule has 0 atom stereocenters. The minimum atomic E-state index is -0.317. The smallest absolute Gasteiger partial charge is 0.261 e. The molecule has 1 aromatic carbocycles. The number of hydrogen-bond acceptors (Lipinski definition) is 9. The van der Waals surface area contributed by atoms with Crippen LogP contribution in [0.15, 0.2) is 36.4 Å². The molecular weight excluding hydrogens is 460 g/mol. The lowest BCUT2D eigenvalue weighted by molar-refractivity contribution is -0.137. The summed E-state index contributed by atoms with van der Waals surface area (Å²) in [7, 11) is 0. The van der Waals surface area contributed by atoms with E-state index in [4.69, 9.17) is 23.7 Å². The van der Waals surface area contributed by atoms with E-state index in [-0.39, 0.29) is 49.9 Å². The second-order valence-electron chi connectivity index (χ2n) is 7.53. The molecule has 190 valence electrons. The fourth-order valence-corrected chi connectivity index (χ4v) is 3.39. The van der Waals surface area contributed by atoms with Crippen LogP contribution in [0, 0.1) is 0 Å². The van der Waals surface area contributed by atoms with Crippen LogP contribution in [-0.4, -0.2) is 113 Å². The van der Waals surface area contributed by atoms with E-state index in [9.17, 15) is 19.2 Å². The first kappa shape index (κ1) is 26.6. The van der Waals surface area contributed by atoms with E-state index >= 15 is 0 Å². The van der Waals surface area contributed by atoms with E-state index in [0.29, 0.717) is 64.0 Å². The number of ether oxygens (including phenoxy) is 5. The number of hydrogen-bond donors (Lipinski definition) is 0. The van der Waals surface area contributed by atoms with Gasteiger partial charge in [0.25, 0.3) is 23.6 Å². The van der Waals surface area contributed by atoms with Gasteiger partial charge >= 0.3 is 0 Å². The number of fused-ring (bicyclic) bond motifs is 1. The van der Waals surface area contributed by atoms with Crippen LogP contribution < -0.4 is 0 Å². The van der Waals surface area contributed by atoms with E-state index in [0.717, 1.165) is 4.90 Å². The second-order valence-corrected chi connectivity index (χ2v) is 7.53. The van der Waals surface area contributed by atoms with Gasteiger partial charge in [0.05, 0.1) is 90.3 Å². The molecule has 11 heteroatoms. The zero-order valence-corrected chi connectivity index (χ0v) is 19.5. The average Bonchev–Trinajstić information content (AvgIpc) is 3.31. The molecule has 0 radical (unpaired) electrons. The Bertz CT molecular complexity index is 865. The van der Waals surface area contributed by atoms with Crippen LogP contribution in [0.4, 0.5) is 0 Å². The first-order chi connectivity index (χ1) is 17.1. The molecule has 3 rings (SSSR count). The van der Waals surface area contributed by atoms with E-state index < -0.39 is 0 Å². The summed E-state index contributed by atoms with van der Waals surface area (Å²) in [6.45, 7) is 4.08. The fraction of sp³-hybridized carbons (Fsp3) is 0.500. The van der Waals surface area contributed by atoms with Gasteiger partial charge < -0.3 is 23.7 Å². The minimum Gasteiger partial charge on any atom is -0.377 e. The molecule has 0 N–H and O–H groups in total. The van der Waals surface area contributed by atoms with Crippen molar-refractivity contribution in [2.24, 2.45) is 0 Å². The molecule has 0 aliphatic carbocycles. The summed E-state index contributed by atoms with van der Waals surface area (Å²) >= 11 is 0. The Morgan fingerprint density at radius 2 is 0.829 bits per heavy atom. The Morgan fingerprint density at radius 3 is 1.23 bits per heavy atom. The van der Waals surface area contributed by atoms with Crippen molar-refractivity contribution in [2.75, 3.05) is 79.2 Å². The quantitative estimate of drug-likeness (QED) is 0.211. The van der Waals surface area contributed by atoms with Gasteiger partial charge in [-0.05, 0) is 12.1 Å². The average molecular weight is 491 g/mol. The minimum absolute atomic E-state index is 0.204. The van der Waals surface area contributed by atoms with Crippen LogP contribution in [-0.2, 0) is 33.3 Å². The molecule has 0 fully saturated rings. The molecule has 35 heavy (non-hydrogen) atoms. The predicted molar refractivity (Wildman–Crippen MR) is 122 cm³/mol. The lowest BCUT2D eigenvalue weighted by Gasteiger charge is -2.14. The summed E-state index contributed by atoms with van der Waals surface area (Å²) in [5.41, 5.74) is 0.867. The maximum atomic E-state index is 12.2. The van der Waals surface area contributed by atoms with Crippen LogP contribution >= 0.6 is 0 Å². The molecule has 0 saturated heterocycles. The van der Waals surface area contributed by atoms with E-state index in [1.165, 1.54) is 17.1 Å². The Kier molecular flexibility index (Phi) is 11.0. The van der Waals surface area contributed by atoms with E-state index in [1.54, 1.807) is 24.3 Å². The zero-order chi connectivity index (χ0) is 24.9. The van der Waals surface area contributed by atoms with Crippen molar-refractivity contribution in [1.82, 2.24) is 9.80 Å². The van der Waals surface area contributed by atoms with Crippen molar-refractivity contribution in [3.05, 3.63) is 47.5 Å². The first-order valence-corrected chi connectivity index (χ1v) is 11.5. The summed E-state index contributed by atoms with van der Waals surface area (Å²) in [4.78, 5) is 49.5. The Labute approximate surface area is 203 Å². The van der Waals surface area contributed by atoms with Gasteiger partial charge in [-0.2, -0.15) is 0 Å². The van der Waals surface area contributed by atoms with Gasteiger partial charge in [-0.3, -0.25) is 29.0 Å². The lowest BCUT2D eigenvalue weighted by Crippen LogP contribution is -2.33. The molecular formula is C24H30N2O9. The highest BCUT2D eigenvalue weighted by molar-refractivity contribution is 6.21. The van der Waals surface area contributed by atoms with Crippen LogP contribution in [0.3, 0.4) is 0 Å². The molecule has 0 bridgehead atoms.